The summed E-state index contributed by atoms with van der Waals surface area (Å²) in [6, 6.07) is 0. The Morgan fingerprint density at radius 1 is 1.71 bits per heavy atom. The van der Waals surface area contributed by atoms with Crippen molar-refractivity contribution >= 4 is 0 Å². The van der Waals surface area contributed by atoms with Crippen LogP contribution in [-0.2, 0) is 4.74 Å². The van der Waals surface area contributed by atoms with Crippen LogP contribution in [0.15, 0.2) is 35.6 Å². The van der Waals surface area contributed by atoms with Gasteiger partial charge in [-0.2, -0.15) is 0 Å². The fraction of sp³-hybridized carbons (Fsp3) is 0.500. The van der Waals surface area contributed by atoms with Crippen LogP contribution >= 0.6 is 0 Å². The molecule has 78 valence electrons. The van der Waals surface area contributed by atoms with Gasteiger partial charge in [0.25, 0.3) is 0 Å². The summed E-state index contributed by atoms with van der Waals surface area (Å²) < 4.78 is 17.4. The van der Waals surface area contributed by atoms with Crippen molar-refractivity contribution < 1.29 is 9.13 Å². The van der Waals surface area contributed by atoms with Crippen LogP contribution in [0.5, 0.6) is 0 Å². The Morgan fingerprint density at radius 3 is 2.86 bits per heavy atom. The minimum atomic E-state index is -1.23. The van der Waals surface area contributed by atoms with Crippen molar-refractivity contribution in [1.29, 1.82) is 0 Å². The van der Waals surface area contributed by atoms with E-state index in [1.54, 1.807) is 0 Å². The van der Waals surface area contributed by atoms with E-state index in [-0.39, 0.29) is 0 Å². The Bertz CT molecular complexity index is 274. The highest BCUT2D eigenvalue weighted by atomic mass is 19.1. The summed E-state index contributed by atoms with van der Waals surface area (Å²) in [5.74, 6) is 1.09. The van der Waals surface area contributed by atoms with Crippen molar-refractivity contribution in [2.24, 2.45) is 5.92 Å². The minimum absolute atomic E-state index is 0.447. The van der Waals surface area contributed by atoms with Gasteiger partial charge in [-0.15, -0.1) is 0 Å². The van der Waals surface area contributed by atoms with Crippen LogP contribution in [0.4, 0.5) is 4.39 Å². The van der Waals surface area contributed by atoms with Gasteiger partial charge in [0.2, 0.25) is 6.36 Å². The van der Waals surface area contributed by atoms with Crippen LogP contribution in [0.1, 0.15) is 27.2 Å². The van der Waals surface area contributed by atoms with E-state index in [2.05, 4.69) is 19.1 Å². The van der Waals surface area contributed by atoms with Gasteiger partial charge >= 0.3 is 0 Å². The molecular formula is C12H17FO. The van der Waals surface area contributed by atoms with Gasteiger partial charge < -0.3 is 4.74 Å². The number of hydrogen-bond donors (Lipinski definition) is 0. The largest absolute Gasteiger partial charge is 0.461 e. The van der Waals surface area contributed by atoms with Crippen molar-refractivity contribution in [3.8, 4) is 0 Å². The standard InChI is InChI=1S/C12H17FO/c1-4-9(2)11-5-7-12(8-6-11)14-10(3)13/h4-5,7-8,10-11H,6H2,1-3H3/b9-4+. The summed E-state index contributed by atoms with van der Waals surface area (Å²) in [5.41, 5.74) is 1.34. The molecule has 0 saturated carbocycles. The van der Waals surface area contributed by atoms with Crippen molar-refractivity contribution in [3.63, 3.8) is 0 Å². The molecule has 1 aliphatic carbocycles. The highest BCUT2D eigenvalue weighted by Crippen LogP contribution is 2.24. The molecule has 1 aliphatic rings. The fourth-order valence-corrected chi connectivity index (χ4v) is 1.43. The maximum absolute atomic E-state index is 12.5. The Morgan fingerprint density at radius 2 is 2.43 bits per heavy atom. The third-order valence-electron chi connectivity index (χ3n) is 2.40. The molecular weight excluding hydrogens is 179 g/mol. The number of halogens is 1. The molecule has 0 aromatic rings. The van der Waals surface area contributed by atoms with E-state index < -0.39 is 6.36 Å². The first kappa shape index (κ1) is 11.0. The maximum Gasteiger partial charge on any atom is 0.235 e. The molecule has 0 fully saturated rings. The van der Waals surface area contributed by atoms with Crippen LogP contribution in [0, 0.1) is 5.92 Å². The van der Waals surface area contributed by atoms with Gasteiger partial charge in [0, 0.05) is 12.8 Å². The lowest BCUT2D eigenvalue weighted by atomic mass is 9.93. The fourth-order valence-electron chi connectivity index (χ4n) is 1.43. The second-order valence-electron chi connectivity index (χ2n) is 3.50. The summed E-state index contributed by atoms with van der Waals surface area (Å²) in [6.45, 7) is 5.52. The molecule has 1 rings (SSSR count). The van der Waals surface area contributed by atoms with Crippen LogP contribution in [0.3, 0.4) is 0 Å². The second kappa shape index (κ2) is 4.99. The first-order chi connectivity index (χ1) is 6.63. The lowest BCUT2D eigenvalue weighted by Crippen LogP contribution is -2.05. The van der Waals surface area contributed by atoms with Crippen molar-refractivity contribution in [3.05, 3.63) is 35.6 Å². The molecule has 0 aromatic carbocycles. The zero-order valence-electron chi connectivity index (χ0n) is 8.96. The highest BCUT2D eigenvalue weighted by Gasteiger charge is 2.11. The van der Waals surface area contributed by atoms with Gasteiger partial charge in [-0.25, -0.2) is 4.39 Å². The highest BCUT2D eigenvalue weighted by molar-refractivity contribution is 5.24. The zero-order valence-corrected chi connectivity index (χ0v) is 8.96. The zero-order chi connectivity index (χ0) is 10.6. The normalized spacial score (nSPS) is 24.4. The number of rotatable bonds is 3. The van der Waals surface area contributed by atoms with E-state index in [9.17, 15) is 4.39 Å². The van der Waals surface area contributed by atoms with Crippen LogP contribution in [0.25, 0.3) is 0 Å². The predicted molar refractivity (Wildman–Crippen MR) is 56.4 cm³/mol. The molecule has 2 heteroatoms. The minimum Gasteiger partial charge on any atom is -0.461 e. The Kier molecular flexibility index (Phi) is 3.93. The van der Waals surface area contributed by atoms with Gasteiger partial charge in [0.15, 0.2) is 0 Å². The number of alkyl halides is 1. The van der Waals surface area contributed by atoms with E-state index >= 15 is 0 Å². The summed E-state index contributed by atoms with van der Waals surface area (Å²) >= 11 is 0. The van der Waals surface area contributed by atoms with Crippen molar-refractivity contribution in [1.82, 2.24) is 0 Å². The number of ether oxygens (including phenoxy) is 1. The molecule has 0 spiro atoms. The summed E-state index contributed by atoms with van der Waals surface area (Å²) in [4.78, 5) is 0. The van der Waals surface area contributed by atoms with Crippen LogP contribution < -0.4 is 0 Å². The van der Waals surface area contributed by atoms with E-state index in [0.29, 0.717) is 11.7 Å². The molecule has 2 atom stereocenters. The molecule has 0 bridgehead atoms. The molecule has 0 aromatic heterocycles. The molecule has 0 N–H and O–H groups in total. The maximum atomic E-state index is 12.5. The van der Waals surface area contributed by atoms with Crippen molar-refractivity contribution in [2.45, 2.75) is 33.5 Å². The van der Waals surface area contributed by atoms with Gasteiger partial charge in [-0.1, -0.05) is 17.7 Å². The smallest absolute Gasteiger partial charge is 0.235 e. The average molecular weight is 196 g/mol. The molecule has 0 saturated heterocycles. The first-order valence-corrected chi connectivity index (χ1v) is 4.95. The third-order valence-corrected chi connectivity index (χ3v) is 2.40. The van der Waals surface area contributed by atoms with Gasteiger partial charge in [0.1, 0.15) is 5.76 Å². The first-order valence-electron chi connectivity index (χ1n) is 4.95. The van der Waals surface area contributed by atoms with E-state index in [1.165, 1.54) is 12.5 Å². The Labute approximate surface area is 85.0 Å². The van der Waals surface area contributed by atoms with Gasteiger partial charge in [-0.3, -0.25) is 0 Å². The number of allylic oxidation sites excluding steroid dienone is 5. The third kappa shape index (κ3) is 3.02. The Balaban J connectivity index is 2.53. The van der Waals surface area contributed by atoms with Crippen molar-refractivity contribution in [2.75, 3.05) is 0 Å². The molecule has 0 radical (unpaired) electrons. The van der Waals surface area contributed by atoms with E-state index in [1.807, 2.05) is 19.1 Å². The summed E-state index contributed by atoms with van der Waals surface area (Å²) in [6.07, 6.45) is 7.62. The van der Waals surface area contributed by atoms with Crippen LogP contribution in [0.2, 0.25) is 0 Å². The summed E-state index contributed by atoms with van der Waals surface area (Å²) in [5, 5.41) is 0. The lowest BCUT2D eigenvalue weighted by Gasteiger charge is -2.17. The van der Waals surface area contributed by atoms with Crippen LogP contribution in [-0.4, -0.2) is 6.36 Å². The Hall–Kier alpha value is -1.05. The quantitative estimate of drug-likeness (QED) is 0.625. The van der Waals surface area contributed by atoms with Gasteiger partial charge in [0.05, 0.1) is 0 Å². The SMILES string of the molecule is C/C=C(\C)C1C=CC(OC(C)F)=CC1. The second-order valence-corrected chi connectivity index (χ2v) is 3.50. The van der Waals surface area contributed by atoms with Gasteiger partial charge in [-0.05, 0) is 32.4 Å². The summed E-state index contributed by atoms with van der Waals surface area (Å²) in [7, 11) is 0. The molecule has 2 unspecified atom stereocenters. The predicted octanol–water partition coefficient (Wildman–Crippen LogP) is 3.74. The lowest BCUT2D eigenvalue weighted by molar-refractivity contribution is 0.0273. The molecule has 0 aliphatic heterocycles. The van der Waals surface area contributed by atoms with E-state index in [0.717, 1.165) is 6.42 Å². The topological polar surface area (TPSA) is 9.23 Å². The molecule has 0 amide bonds. The van der Waals surface area contributed by atoms with E-state index in [4.69, 9.17) is 4.74 Å². The monoisotopic (exact) mass is 196 g/mol. The molecule has 1 nitrogen and oxygen atoms in total. The molecule has 0 heterocycles. The average Bonchev–Trinajstić information content (AvgIpc) is 2.17. The molecule has 14 heavy (non-hydrogen) atoms. The number of hydrogen-bond acceptors (Lipinski definition) is 1.